The first-order valence-corrected chi connectivity index (χ1v) is 10.1. The van der Waals surface area contributed by atoms with Gasteiger partial charge in [0.2, 0.25) is 5.91 Å². The maximum Gasteiger partial charge on any atom is 0.256 e. The Hall–Kier alpha value is -2.97. The normalized spacial score (nSPS) is 27.7. The summed E-state index contributed by atoms with van der Waals surface area (Å²) in [5.74, 6) is -0.352. The molecule has 2 amide bonds. The molecular formula is C20H23FN6O2. The van der Waals surface area contributed by atoms with Crippen molar-refractivity contribution in [3.05, 3.63) is 36.1 Å². The summed E-state index contributed by atoms with van der Waals surface area (Å²) in [6.45, 7) is 3.41. The molecule has 5 rings (SSSR count). The highest BCUT2D eigenvalue weighted by atomic mass is 19.1. The van der Waals surface area contributed by atoms with Crippen LogP contribution in [0, 0.1) is 11.8 Å². The van der Waals surface area contributed by atoms with Gasteiger partial charge in [-0.2, -0.15) is 5.10 Å². The van der Waals surface area contributed by atoms with E-state index in [1.54, 1.807) is 10.7 Å². The fourth-order valence-electron chi connectivity index (χ4n) is 4.68. The zero-order chi connectivity index (χ0) is 20.1. The highest BCUT2D eigenvalue weighted by Crippen LogP contribution is 2.36. The average molecular weight is 398 g/mol. The summed E-state index contributed by atoms with van der Waals surface area (Å²) < 4.78 is 16.0. The summed E-state index contributed by atoms with van der Waals surface area (Å²) in [7, 11) is 0. The van der Waals surface area contributed by atoms with Crippen LogP contribution in [0.1, 0.15) is 36.5 Å². The lowest BCUT2D eigenvalue weighted by atomic mass is 9.89. The van der Waals surface area contributed by atoms with Gasteiger partial charge in [0.25, 0.3) is 5.91 Å². The number of amides is 2. The summed E-state index contributed by atoms with van der Waals surface area (Å²) in [5, 5.41) is 7.13. The predicted octanol–water partition coefficient (Wildman–Crippen LogP) is 1.74. The molecule has 3 atom stereocenters. The largest absolute Gasteiger partial charge is 0.353 e. The molecule has 8 nitrogen and oxygen atoms in total. The Morgan fingerprint density at radius 3 is 3.03 bits per heavy atom. The van der Waals surface area contributed by atoms with Crippen LogP contribution in [0.15, 0.2) is 30.5 Å². The fourth-order valence-corrected chi connectivity index (χ4v) is 4.68. The third-order valence-corrected chi connectivity index (χ3v) is 6.09. The Balaban J connectivity index is 1.62. The van der Waals surface area contributed by atoms with Gasteiger partial charge in [-0.05, 0) is 24.8 Å². The van der Waals surface area contributed by atoms with Crippen molar-refractivity contribution >= 4 is 23.3 Å². The minimum Gasteiger partial charge on any atom is -0.353 e. The van der Waals surface area contributed by atoms with Crippen LogP contribution in [-0.4, -0.2) is 57.0 Å². The fraction of sp³-hybridized carbons (Fsp3) is 0.500. The summed E-state index contributed by atoms with van der Waals surface area (Å²) in [6.07, 6.45) is 6.47. The topological polar surface area (TPSA) is 82.8 Å². The molecular weight excluding hydrogens is 375 g/mol. The zero-order valence-corrected chi connectivity index (χ0v) is 16.2. The van der Waals surface area contributed by atoms with Gasteiger partial charge >= 0.3 is 0 Å². The van der Waals surface area contributed by atoms with Crippen LogP contribution in [0.3, 0.4) is 0 Å². The zero-order valence-electron chi connectivity index (χ0n) is 16.2. The van der Waals surface area contributed by atoms with Crippen LogP contribution in [0.5, 0.6) is 0 Å². The first kappa shape index (κ1) is 18.1. The van der Waals surface area contributed by atoms with Gasteiger partial charge in [-0.15, -0.1) is 0 Å². The van der Waals surface area contributed by atoms with E-state index in [0.717, 1.165) is 19.4 Å². The number of nitrogens with zero attached hydrogens (tertiary/aromatic N) is 5. The molecule has 0 radical (unpaired) electrons. The molecule has 1 N–H and O–H groups in total. The van der Waals surface area contributed by atoms with Crippen molar-refractivity contribution in [2.45, 2.75) is 32.2 Å². The lowest BCUT2D eigenvalue weighted by molar-refractivity contribution is -0.135. The molecule has 9 heteroatoms. The lowest BCUT2D eigenvalue weighted by Gasteiger charge is -2.37. The Bertz CT molecular complexity index is 1020. The van der Waals surface area contributed by atoms with E-state index in [0.29, 0.717) is 30.1 Å². The minimum atomic E-state index is -0.436. The van der Waals surface area contributed by atoms with Crippen LogP contribution < -0.4 is 10.2 Å². The van der Waals surface area contributed by atoms with Crippen molar-refractivity contribution in [1.29, 1.82) is 0 Å². The van der Waals surface area contributed by atoms with Crippen molar-refractivity contribution in [2.24, 2.45) is 11.8 Å². The van der Waals surface area contributed by atoms with Crippen LogP contribution in [-0.2, 0) is 4.79 Å². The number of fused-ring (bicyclic) bond motifs is 6. The number of carbonyl (C=O) groups is 2. The van der Waals surface area contributed by atoms with Gasteiger partial charge in [-0.25, -0.2) is 13.9 Å². The summed E-state index contributed by atoms with van der Waals surface area (Å²) >= 11 is 0. The third-order valence-electron chi connectivity index (χ3n) is 6.09. The van der Waals surface area contributed by atoms with E-state index in [1.165, 1.54) is 17.3 Å². The van der Waals surface area contributed by atoms with Crippen molar-refractivity contribution in [2.75, 3.05) is 24.5 Å². The molecule has 1 saturated heterocycles. The molecule has 5 heterocycles. The van der Waals surface area contributed by atoms with Gasteiger partial charge in [0.1, 0.15) is 17.2 Å². The molecule has 0 aromatic carbocycles. The number of carbonyl (C=O) groups excluding carboxylic acids is 2. The highest BCUT2D eigenvalue weighted by Gasteiger charge is 2.41. The molecule has 0 aliphatic carbocycles. The summed E-state index contributed by atoms with van der Waals surface area (Å²) in [4.78, 5) is 34.2. The molecule has 0 spiro atoms. The highest BCUT2D eigenvalue weighted by molar-refractivity contribution is 5.99. The van der Waals surface area contributed by atoms with Gasteiger partial charge in [-0.3, -0.25) is 9.59 Å². The summed E-state index contributed by atoms with van der Waals surface area (Å²) in [6, 6.07) is 1.73. The Morgan fingerprint density at radius 2 is 2.17 bits per heavy atom. The number of anilines is 1. The minimum absolute atomic E-state index is 0.0290. The average Bonchev–Trinajstić information content (AvgIpc) is 3.34. The molecule has 3 aliphatic heterocycles. The number of aromatic nitrogens is 3. The number of allylic oxidation sites excluding steroid dienone is 1. The van der Waals surface area contributed by atoms with E-state index < -0.39 is 5.92 Å². The first-order chi connectivity index (χ1) is 14.0. The van der Waals surface area contributed by atoms with Crippen LogP contribution in [0.4, 0.5) is 10.2 Å². The Morgan fingerprint density at radius 1 is 1.31 bits per heavy atom. The quantitative estimate of drug-likeness (QED) is 0.731. The van der Waals surface area contributed by atoms with Crippen LogP contribution in [0.25, 0.3) is 5.65 Å². The van der Waals surface area contributed by atoms with Crippen molar-refractivity contribution < 1.29 is 14.0 Å². The van der Waals surface area contributed by atoms with Gasteiger partial charge in [0.15, 0.2) is 5.65 Å². The standard InChI is InChI=1S/C20H23FN6O2/c1-12-8-22-19(28)15-9-23-27-6-4-17(24-18(15)27)26-5-2-3-16(26)14-7-13(21)11-25(10-12)20(14)29/h4,6,9,11-12,14,16H,2-3,5,7-8,10H2,1H3,(H,22,28)/t12-,14?,16+/m0/s1. The second kappa shape index (κ2) is 6.82. The van der Waals surface area contributed by atoms with E-state index in [4.69, 9.17) is 4.98 Å². The maximum absolute atomic E-state index is 14.5. The molecule has 1 unspecified atom stereocenters. The van der Waals surface area contributed by atoms with E-state index in [9.17, 15) is 14.0 Å². The molecule has 0 saturated carbocycles. The molecule has 2 aromatic heterocycles. The monoisotopic (exact) mass is 398 g/mol. The second-order valence-electron chi connectivity index (χ2n) is 8.21. The number of hydrogen-bond acceptors (Lipinski definition) is 5. The van der Waals surface area contributed by atoms with Crippen LogP contribution >= 0.6 is 0 Å². The number of halogens is 1. The third kappa shape index (κ3) is 3.04. The SMILES string of the molecule is C[C@H]1CNC(=O)c2cnn3ccc(nc23)N2CCC[C@@H]2C2CC(F)=CN(C1)C2=O. The smallest absolute Gasteiger partial charge is 0.256 e. The molecule has 1 fully saturated rings. The van der Waals surface area contributed by atoms with Gasteiger partial charge in [-0.1, -0.05) is 6.92 Å². The summed E-state index contributed by atoms with van der Waals surface area (Å²) in [5.41, 5.74) is 0.910. The van der Waals surface area contributed by atoms with E-state index in [1.807, 2.05) is 13.0 Å². The molecule has 152 valence electrons. The number of nitrogens with one attached hydrogen (secondary N) is 1. The van der Waals surface area contributed by atoms with Gasteiger partial charge in [0.05, 0.1) is 12.1 Å². The molecule has 2 aromatic rings. The van der Waals surface area contributed by atoms with E-state index in [-0.39, 0.29) is 36.0 Å². The second-order valence-corrected chi connectivity index (χ2v) is 8.21. The van der Waals surface area contributed by atoms with Crippen molar-refractivity contribution in [1.82, 2.24) is 24.8 Å². The van der Waals surface area contributed by atoms with Gasteiger partial charge < -0.3 is 15.1 Å². The van der Waals surface area contributed by atoms with Gasteiger partial charge in [0, 0.05) is 44.5 Å². The number of hydrogen-bond donors (Lipinski definition) is 1. The van der Waals surface area contributed by atoms with Crippen molar-refractivity contribution in [3.8, 4) is 0 Å². The Kier molecular flexibility index (Phi) is 4.25. The molecule has 4 bridgehead atoms. The van der Waals surface area contributed by atoms with Crippen molar-refractivity contribution in [3.63, 3.8) is 0 Å². The Labute approximate surface area is 167 Å². The van der Waals surface area contributed by atoms with E-state index >= 15 is 0 Å². The first-order valence-electron chi connectivity index (χ1n) is 10.1. The molecule has 3 aliphatic rings. The number of rotatable bonds is 0. The van der Waals surface area contributed by atoms with Crippen LogP contribution in [0.2, 0.25) is 0 Å². The lowest BCUT2D eigenvalue weighted by Crippen LogP contribution is -2.48. The van der Waals surface area contributed by atoms with E-state index in [2.05, 4.69) is 15.3 Å². The predicted molar refractivity (Wildman–Crippen MR) is 104 cm³/mol. The molecule has 29 heavy (non-hydrogen) atoms. The maximum atomic E-state index is 14.5.